The highest BCUT2D eigenvalue weighted by molar-refractivity contribution is 7.74. The molecule has 10 heteroatoms. The van der Waals surface area contributed by atoms with Gasteiger partial charge in [0.15, 0.2) is 0 Å². The molecule has 0 aliphatic carbocycles. The van der Waals surface area contributed by atoms with Gasteiger partial charge in [-0.15, -0.1) is 0 Å². The monoisotopic (exact) mass is 398 g/mol. The van der Waals surface area contributed by atoms with E-state index in [0.29, 0.717) is 6.66 Å². The van der Waals surface area contributed by atoms with Crippen LogP contribution < -0.4 is 0 Å². The average Bonchev–Trinajstić information content (AvgIpc) is 3.01. The second-order valence-corrected chi connectivity index (χ2v) is 10.8. The van der Waals surface area contributed by atoms with Gasteiger partial charge in [-0.1, -0.05) is 12.1 Å². The van der Waals surface area contributed by atoms with Crippen LogP contribution in [0.15, 0.2) is 48.8 Å². The third-order valence-electron chi connectivity index (χ3n) is 4.20. The minimum Gasteiger partial charge on any atom is -0.361 e. The van der Waals surface area contributed by atoms with E-state index in [4.69, 9.17) is 0 Å². The predicted octanol–water partition coefficient (Wildman–Crippen LogP) is 3.47. The highest BCUT2D eigenvalue weighted by Gasteiger charge is 2.59. The van der Waals surface area contributed by atoms with Gasteiger partial charge in [0.1, 0.15) is 0 Å². The SMILES string of the molecule is CP(=O)(O)C(F)(Cc1ccc(-c2ccc3[nH]ccc3c2)cn1)P(=O)(O)O. The van der Waals surface area contributed by atoms with Gasteiger partial charge >= 0.3 is 7.60 Å². The third-order valence-corrected chi connectivity index (χ3v) is 8.57. The van der Waals surface area contributed by atoms with Crippen LogP contribution in [0, 0.1) is 0 Å². The predicted molar refractivity (Wildman–Crippen MR) is 96.9 cm³/mol. The lowest BCUT2D eigenvalue weighted by atomic mass is 10.1. The number of fused-ring (bicyclic) bond motifs is 1. The molecule has 2 heterocycles. The number of hydrogen-bond donors (Lipinski definition) is 4. The van der Waals surface area contributed by atoms with Crippen LogP contribution in [0.25, 0.3) is 22.0 Å². The fourth-order valence-corrected chi connectivity index (χ4v) is 5.41. The van der Waals surface area contributed by atoms with Crippen molar-refractivity contribution in [2.45, 2.75) is 11.6 Å². The zero-order valence-corrected chi connectivity index (χ0v) is 15.5. The fraction of sp³-hybridized carbons (Fsp3) is 0.188. The summed E-state index contributed by atoms with van der Waals surface area (Å²) in [6.45, 7) is 0.590. The smallest absolute Gasteiger partial charge is 0.361 e. The minimum absolute atomic E-state index is 0.0292. The minimum atomic E-state index is -5.49. The zero-order valence-electron chi connectivity index (χ0n) is 13.7. The number of benzene rings is 1. The second kappa shape index (κ2) is 6.41. The molecular weight excluding hydrogens is 381 g/mol. The Kier molecular flexibility index (Phi) is 4.67. The molecule has 2 aromatic heterocycles. The van der Waals surface area contributed by atoms with Crippen LogP contribution in [0.2, 0.25) is 0 Å². The van der Waals surface area contributed by atoms with Gasteiger partial charge in [0.25, 0.3) is 5.15 Å². The van der Waals surface area contributed by atoms with Crippen LogP contribution in [0.3, 0.4) is 0 Å². The summed E-state index contributed by atoms with van der Waals surface area (Å²) in [6, 6.07) is 10.6. The molecule has 3 aromatic rings. The number of alkyl halides is 1. The van der Waals surface area contributed by atoms with E-state index in [1.807, 2.05) is 30.5 Å². The van der Waals surface area contributed by atoms with Gasteiger partial charge in [0.05, 0.1) is 0 Å². The summed E-state index contributed by atoms with van der Waals surface area (Å²) in [6.07, 6.45) is 2.29. The van der Waals surface area contributed by atoms with E-state index < -0.39 is 26.5 Å². The van der Waals surface area contributed by atoms with Gasteiger partial charge in [0, 0.05) is 42.3 Å². The number of aromatic amines is 1. The Morgan fingerprint density at radius 3 is 2.38 bits per heavy atom. The van der Waals surface area contributed by atoms with Crippen LogP contribution in [0.1, 0.15) is 5.69 Å². The lowest BCUT2D eigenvalue weighted by Gasteiger charge is -2.28. The number of rotatable bonds is 5. The molecule has 0 aliphatic rings. The number of halogens is 1. The second-order valence-electron chi connectivity index (χ2n) is 6.14. The van der Waals surface area contributed by atoms with Crippen molar-refractivity contribution in [3.05, 3.63) is 54.5 Å². The number of pyridine rings is 1. The van der Waals surface area contributed by atoms with Gasteiger partial charge in [-0.3, -0.25) is 14.1 Å². The van der Waals surface area contributed by atoms with Crippen molar-refractivity contribution in [2.24, 2.45) is 0 Å². The largest absolute Gasteiger partial charge is 0.372 e. The normalized spacial score (nSPS) is 17.0. The van der Waals surface area contributed by atoms with Crippen molar-refractivity contribution in [3.63, 3.8) is 0 Å². The Hall–Kier alpha value is -1.82. The number of H-pyrrole nitrogens is 1. The van der Waals surface area contributed by atoms with Crippen LogP contribution in [0.5, 0.6) is 0 Å². The van der Waals surface area contributed by atoms with Crippen molar-refractivity contribution in [1.82, 2.24) is 9.97 Å². The average molecular weight is 398 g/mol. The molecule has 3 rings (SSSR count). The molecule has 0 saturated heterocycles. The van der Waals surface area contributed by atoms with Crippen molar-refractivity contribution in [1.29, 1.82) is 0 Å². The summed E-state index contributed by atoms with van der Waals surface area (Å²) < 4.78 is 37.9. The van der Waals surface area contributed by atoms with E-state index in [1.54, 1.807) is 6.07 Å². The molecule has 1 aromatic carbocycles. The standard InChI is InChI=1S/C16H17FN2O5P2/c1-25(20,21)16(17,26(22,23)24)9-14-4-2-13(10-19-14)11-3-5-15-12(8-11)6-7-18-15/h2-8,10,18H,9H2,1H3,(H,20,21)(H2,22,23,24). The Morgan fingerprint density at radius 1 is 1.12 bits per heavy atom. The van der Waals surface area contributed by atoms with E-state index in [1.165, 1.54) is 12.3 Å². The fourth-order valence-electron chi connectivity index (χ4n) is 2.65. The quantitative estimate of drug-likeness (QED) is 0.488. The molecule has 7 nitrogen and oxygen atoms in total. The highest BCUT2D eigenvalue weighted by Crippen LogP contribution is 2.71. The van der Waals surface area contributed by atoms with Gasteiger partial charge in [-0.2, -0.15) is 0 Å². The third kappa shape index (κ3) is 3.39. The van der Waals surface area contributed by atoms with E-state index in [9.17, 15) is 28.2 Å². The van der Waals surface area contributed by atoms with Crippen LogP contribution in [-0.2, 0) is 15.6 Å². The molecule has 0 amide bonds. The lowest BCUT2D eigenvalue weighted by Crippen LogP contribution is -2.26. The molecule has 138 valence electrons. The van der Waals surface area contributed by atoms with E-state index in [-0.39, 0.29) is 5.69 Å². The summed E-state index contributed by atoms with van der Waals surface area (Å²) in [5.74, 6) is 0. The van der Waals surface area contributed by atoms with Crippen LogP contribution >= 0.6 is 15.0 Å². The maximum atomic E-state index is 14.7. The molecule has 0 fully saturated rings. The first-order valence-corrected chi connectivity index (χ1v) is 11.3. The van der Waals surface area contributed by atoms with Crippen LogP contribution in [-0.4, -0.2) is 36.5 Å². The first-order chi connectivity index (χ1) is 12.0. The van der Waals surface area contributed by atoms with Crippen molar-refractivity contribution in [2.75, 3.05) is 6.66 Å². The Bertz CT molecular complexity index is 1020. The molecule has 2 atom stereocenters. The Morgan fingerprint density at radius 2 is 1.81 bits per heavy atom. The van der Waals surface area contributed by atoms with E-state index >= 15 is 0 Å². The van der Waals surface area contributed by atoms with Crippen LogP contribution in [0.4, 0.5) is 4.39 Å². The van der Waals surface area contributed by atoms with Gasteiger partial charge in [-0.05, 0) is 35.2 Å². The number of hydrogen-bond acceptors (Lipinski definition) is 3. The summed E-state index contributed by atoms with van der Waals surface area (Å²) in [5, 5.41) is -2.57. The molecule has 26 heavy (non-hydrogen) atoms. The summed E-state index contributed by atoms with van der Waals surface area (Å²) in [5.41, 5.74) is 2.53. The Balaban J connectivity index is 1.91. The van der Waals surface area contributed by atoms with Gasteiger partial charge in [-0.25, -0.2) is 4.39 Å². The lowest BCUT2D eigenvalue weighted by molar-refractivity contribution is 0.250. The first kappa shape index (κ1) is 19.0. The number of nitrogens with one attached hydrogen (secondary N) is 1. The first-order valence-electron chi connectivity index (χ1n) is 7.59. The summed E-state index contributed by atoms with van der Waals surface area (Å²) in [7, 11) is -10.2. The molecule has 2 unspecified atom stereocenters. The van der Waals surface area contributed by atoms with E-state index in [0.717, 1.165) is 22.0 Å². The molecular formula is C16H17FN2O5P2. The summed E-state index contributed by atoms with van der Waals surface area (Å²) >= 11 is 0. The maximum absolute atomic E-state index is 14.7. The van der Waals surface area contributed by atoms with Gasteiger partial charge in [0.2, 0.25) is 7.37 Å². The molecule has 0 saturated carbocycles. The number of nitrogens with zero attached hydrogens (tertiary/aromatic N) is 1. The van der Waals surface area contributed by atoms with Crippen molar-refractivity contribution >= 4 is 25.9 Å². The van der Waals surface area contributed by atoms with Crippen molar-refractivity contribution < 1.29 is 28.2 Å². The highest BCUT2D eigenvalue weighted by atomic mass is 31.2. The maximum Gasteiger partial charge on any atom is 0.372 e. The molecule has 4 N–H and O–H groups in total. The Labute approximate surface area is 148 Å². The topological polar surface area (TPSA) is 124 Å². The molecule has 0 bridgehead atoms. The number of aromatic nitrogens is 2. The molecule has 0 aliphatic heterocycles. The van der Waals surface area contributed by atoms with Crippen molar-refractivity contribution in [3.8, 4) is 11.1 Å². The summed E-state index contributed by atoms with van der Waals surface area (Å²) in [4.78, 5) is 35.0. The van der Waals surface area contributed by atoms with Gasteiger partial charge < -0.3 is 19.7 Å². The van der Waals surface area contributed by atoms with E-state index in [2.05, 4.69) is 9.97 Å². The molecule has 0 spiro atoms. The molecule has 0 radical (unpaired) electrons. The zero-order chi connectivity index (χ0) is 19.2.